The van der Waals surface area contributed by atoms with Crippen LogP contribution >= 0.6 is 0 Å². The van der Waals surface area contributed by atoms with Gasteiger partial charge >= 0.3 is 0 Å². The van der Waals surface area contributed by atoms with E-state index in [4.69, 9.17) is 4.74 Å². The molecule has 174 valence electrons. The molecule has 8 atom stereocenters. The van der Waals surface area contributed by atoms with Gasteiger partial charge in [-0.2, -0.15) is 0 Å². The molecular formula is C26H40O5. The average Bonchev–Trinajstić information content (AvgIpc) is 3.07. The first-order valence-electron chi connectivity index (χ1n) is 11.7. The van der Waals surface area contributed by atoms with Gasteiger partial charge in [-0.15, -0.1) is 0 Å². The average molecular weight is 433 g/mol. The molecular weight excluding hydrogens is 392 g/mol. The molecule has 0 radical (unpaired) electrons. The topological polar surface area (TPSA) is 83.8 Å². The molecule has 3 aliphatic rings. The van der Waals surface area contributed by atoms with Gasteiger partial charge in [-0.1, -0.05) is 32.1 Å². The summed E-state index contributed by atoms with van der Waals surface area (Å²) in [5.41, 5.74) is -1.43. The molecule has 3 aliphatic carbocycles. The first-order chi connectivity index (χ1) is 14.3. The second-order valence-corrected chi connectivity index (χ2v) is 11.4. The second-order valence-electron chi connectivity index (χ2n) is 11.4. The van der Waals surface area contributed by atoms with Gasteiger partial charge < -0.3 is 14.9 Å². The maximum Gasteiger partial charge on any atom is 0.146 e. The van der Waals surface area contributed by atoms with Crippen LogP contribution in [0.3, 0.4) is 0 Å². The number of carbonyl (C=O) groups is 2. The number of hydrogen-bond acceptors (Lipinski definition) is 5. The van der Waals surface area contributed by atoms with Gasteiger partial charge in [-0.25, -0.2) is 0 Å². The van der Waals surface area contributed by atoms with Crippen molar-refractivity contribution in [3.8, 4) is 0 Å². The molecule has 0 heterocycles. The maximum absolute atomic E-state index is 12.7. The number of carbonyl (C=O) groups excluding carboxylic acids is 2. The Kier molecular flexibility index (Phi) is 6.73. The van der Waals surface area contributed by atoms with Crippen molar-refractivity contribution in [3.05, 3.63) is 23.8 Å². The molecule has 2 N–H and O–H groups in total. The number of methoxy groups -OCH3 is 1. The predicted octanol–water partition coefficient (Wildman–Crippen LogP) is 3.87. The van der Waals surface area contributed by atoms with Gasteiger partial charge in [-0.05, 0) is 75.2 Å². The molecule has 31 heavy (non-hydrogen) atoms. The highest BCUT2D eigenvalue weighted by Crippen LogP contribution is 2.59. The third kappa shape index (κ3) is 4.60. The first-order valence-corrected chi connectivity index (χ1v) is 11.7. The molecule has 0 aromatic heterocycles. The van der Waals surface area contributed by atoms with Gasteiger partial charge in [0.15, 0.2) is 0 Å². The van der Waals surface area contributed by atoms with Crippen molar-refractivity contribution in [3.63, 3.8) is 0 Å². The van der Waals surface area contributed by atoms with Crippen molar-refractivity contribution in [1.82, 2.24) is 0 Å². The van der Waals surface area contributed by atoms with E-state index < -0.39 is 17.1 Å². The molecule has 2 saturated carbocycles. The van der Waals surface area contributed by atoms with E-state index in [0.29, 0.717) is 23.3 Å². The lowest BCUT2D eigenvalue weighted by Gasteiger charge is -2.42. The minimum absolute atomic E-state index is 0.00141. The maximum atomic E-state index is 12.7. The smallest absolute Gasteiger partial charge is 0.146 e. The number of aliphatic hydroxyl groups is 2. The third-order valence-corrected chi connectivity index (χ3v) is 8.54. The van der Waals surface area contributed by atoms with Crippen LogP contribution in [0.2, 0.25) is 0 Å². The number of aldehydes is 1. The van der Waals surface area contributed by atoms with Crippen LogP contribution in [0.1, 0.15) is 66.7 Å². The van der Waals surface area contributed by atoms with Crippen LogP contribution in [-0.4, -0.2) is 46.7 Å². The summed E-state index contributed by atoms with van der Waals surface area (Å²) in [7, 11) is 1.61. The van der Waals surface area contributed by atoms with Crippen molar-refractivity contribution in [2.24, 2.45) is 35.0 Å². The molecule has 0 spiro atoms. The van der Waals surface area contributed by atoms with E-state index in [1.165, 1.54) is 0 Å². The molecule has 0 aromatic carbocycles. The molecule has 0 amide bonds. The Balaban J connectivity index is 1.88. The van der Waals surface area contributed by atoms with Gasteiger partial charge in [-0.3, -0.25) is 9.59 Å². The Morgan fingerprint density at radius 2 is 1.94 bits per heavy atom. The number of Topliss-reactive ketones (excluding diaryl/α,β-unsaturated/α-hetero) is 1. The Labute approximate surface area is 186 Å². The number of ether oxygens (including phenoxy) is 1. The van der Waals surface area contributed by atoms with Gasteiger partial charge in [0.1, 0.15) is 18.2 Å². The van der Waals surface area contributed by atoms with Crippen LogP contribution in [0, 0.1) is 35.0 Å². The minimum atomic E-state index is -1.06. The fourth-order valence-corrected chi connectivity index (χ4v) is 6.71. The molecule has 0 bridgehead atoms. The van der Waals surface area contributed by atoms with E-state index in [9.17, 15) is 19.8 Å². The molecule has 3 rings (SSSR count). The van der Waals surface area contributed by atoms with E-state index in [1.807, 2.05) is 12.2 Å². The highest BCUT2D eigenvalue weighted by molar-refractivity contribution is 5.94. The fourth-order valence-electron chi connectivity index (χ4n) is 6.71. The Morgan fingerprint density at radius 3 is 2.52 bits per heavy atom. The number of rotatable bonds is 6. The fraction of sp³-hybridized carbons (Fsp3) is 0.769. The molecule has 5 heteroatoms. The van der Waals surface area contributed by atoms with Crippen LogP contribution < -0.4 is 0 Å². The van der Waals surface area contributed by atoms with Crippen molar-refractivity contribution in [1.29, 1.82) is 0 Å². The number of allylic oxidation sites excluding steroid dienone is 3. The molecule has 0 aromatic rings. The van der Waals surface area contributed by atoms with E-state index in [1.54, 1.807) is 27.9 Å². The summed E-state index contributed by atoms with van der Waals surface area (Å²) in [6.07, 6.45) is 10.4. The highest BCUT2D eigenvalue weighted by Gasteiger charge is 2.56. The standard InChI is InChI=1S/C26H40O5/c1-16(7-10-22(31-6)24(2,3)29)18-11-12-25(4)13-20-23(21(28)14-26(20,5)30)17(15-27)8-9-19(18)25/h7-8,10,15-16,18-20,22-23,29-30H,9,11-14H2,1-6H3/b10-7+,17-8-/t16-,18+,19-,20-,22-,23-,25+,26+/m0/s1. The molecule has 5 nitrogen and oxygen atoms in total. The SMILES string of the molecule is CO[C@@H](/C=C/[C@H](C)[C@H]1CC[C@]2(C)C[C@H]3[C@@H](C(=O)C[C@@]3(C)O)/C(C=O)=C\C[C@@H]12)C(C)(C)O. The van der Waals surface area contributed by atoms with E-state index in [2.05, 4.69) is 19.9 Å². The zero-order chi connectivity index (χ0) is 23.2. The summed E-state index contributed by atoms with van der Waals surface area (Å²) in [6, 6.07) is 0. The normalized spacial score (nSPS) is 42.3. The minimum Gasteiger partial charge on any atom is -0.389 e. The van der Waals surface area contributed by atoms with Gasteiger partial charge in [0.05, 0.1) is 17.1 Å². The van der Waals surface area contributed by atoms with Crippen LogP contribution in [-0.2, 0) is 14.3 Å². The monoisotopic (exact) mass is 432 g/mol. The van der Waals surface area contributed by atoms with Gasteiger partial charge in [0, 0.05) is 19.4 Å². The van der Waals surface area contributed by atoms with Gasteiger partial charge in [0.2, 0.25) is 0 Å². The Hall–Kier alpha value is -1.30. The lowest BCUT2D eigenvalue weighted by molar-refractivity contribution is -0.121. The van der Waals surface area contributed by atoms with E-state index in [-0.39, 0.29) is 29.6 Å². The summed E-state index contributed by atoms with van der Waals surface area (Å²) in [4.78, 5) is 24.5. The van der Waals surface area contributed by atoms with Crippen LogP contribution in [0.15, 0.2) is 23.8 Å². The molecule has 0 aliphatic heterocycles. The summed E-state index contributed by atoms with van der Waals surface area (Å²) >= 11 is 0. The van der Waals surface area contributed by atoms with Crippen LogP contribution in [0.4, 0.5) is 0 Å². The highest BCUT2D eigenvalue weighted by atomic mass is 16.5. The zero-order valence-corrected chi connectivity index (χ0v) is 19.9. The van der Waals surface area contributed by atoms with E-state index >= 15 is 0 Å². The van der Waals surface area contributed by atoms with Crippen LogP contribution in [0.25, 0.3) is 0 Å². The number of ketones is 1. The molecule has 0 unspecified atom stereocenters. The van der Waals surface area contributed by atoms with Gasteiger partial charge in [0.25, 0.3) is 0 Å². The lowest BCUT2D eigenvalue weighted by Crippen LogP contribution is -2.40. The Bertz CT molecular complexity index is 758. The first kappa shape index (κ1) is 24.3. The summed E-state index contributed by atoms with van der Waals surface area (Å²) in [5.74, 6) is 0.429. The molecule has 2 fully saturated rings. The summed E-state index contributed by atoms with van der Waals surface area (Å²) in [6.45, 7) is 9.77. The van der Waals surface area contributed by atoms with Crippen molar-refractivity contribution in [2.45, 2.75) is 84.0 Å². The summed E-state index contributed by atoms with van der Waals surface area (Å²) < 4.78 is 5.45. The number of hydrogen-bond donors (Lipinski definition) is 2. The quantitative estimate of drug-likeness (QED) is 0.492. The third-order valence-electron chi connectivity index (χ3n) is 8.54. The van der Waals surface area contributed by atoms with Crippen molar-refractivity contribution in [2.75, 3.05) is 7.11 Å². The van der Waals surface area contributed by atoms with E-state index in [0.717, 1.165) is 32.0 Å². The Morgan fingerprint density at radius 1 is 1.26 bits per heavy atom. The molecule has 0 saturated heterocycles. The van der Waals surface area contributed by atoms with Crippen LogP contribution in [0.5, 0.6) is 0 Å². The van der Waals surface area contributed by atoms with Crippen molar-refractivity contribution < 1.29 is 24.5 Å². The zero-order valence-electron chi connectivity index (χ0n) is 19.9. The largest absolute Gasteiger partial charge is 0.389 e. The van der Waals surface area contributed by atoms with Crippen molar-refractivity contribution >= 4 is 12.1 Å². The number of fused-ring (bicyclic) bond motifs is 2. The lowest BCUT2D eigenvalue weighted by atomic mass is 9.63. The second kappa shape index (κ2) is 8.57. The summed E-state index contributed by atoms with van der Waals surface area (Å²) in [5, 5.41) is 21.3. The predicted molar refractivity (Wildman–Crippen MR) is 120 cm³/mol.